The van der Waals surface area contributed by atoms with E-state index in [1.54, 1.807) is 0 Å². The summed E-state index contributed by atoms with van der Waals surface area (Å²) < 4.78 is 4.78. The second-order valence-corrected chi connectivity index (χ2v) is 3.39. The number of rotatable bonds is 3. The monoisotopic (exact) mass is 191 g/mol. The Labute approximate surface area is 83.3 Å². The van der Waals surface area contributed by atoms with E-state index in [1.165, 1.54) is 11.3 Å². The van der Waals surface area contributed by atoms with Crippen LogP contribution >= 0.6 is 0 Å². The minimum Gasteiger partial charge on any atom is -0.446 e. The van der Waals surface area contributed by atoms with Crippen molar-refractivity contribution in [1.82, 2.24) is 0 Å². The van der Waals surface area contributed by atoms with Crippen LogP contribution in [0.1, 0.15) is 12.0 Å². The predicted octanol–water partition coefficient (Wildman–Crippen LogP) is 1.57. The van der Waals surface area contributed by atoms with Gasteiger partial charge in [0.05, 0.1) is 0 Å². The number of aryl methyl sites for hydroxylation is 1. The lowest BCUT2D eigenvalue weighted by Crippen LogP contribution is -2.31. The first-order valence-electron chi connectivity index (χ1n) is 4.80. The highest BCUT2D eigenvalue weighted by molar-refractivity contribution is 5.55. The molecule has 0 saturated carbocycles. The Bertz CT molecular complexity index is 325. The third-order valence-corrected chi connectivity index (χ3v) is 2.50. The maximum absolute atomic E-state index is 10.1. The van der Waals surface area contributed by atoms with E-state index in [1.807, 2.05) is 12.1 Å². The second kappa shape index (κ2) is 4.13. The normalized spacial score (nSPS) is 14.7. The van der Waals surface area contributed by atoms with Gasteiger partial charge in [0.1, 0.15) is 0 Å². The zero-order valence-corrected chi connectivity index (χ0v) is 7.98. The number of hydrogen-bond donors (Lipinski definition) is 0. The van der Waals surface area contributed by atoms with Crippen molar-refractivity contribution >= 4 is 12.2 Å². The Hall–Kier alpha value is -1.51. The molecule has 0 N–H and O–H groups in total. The van der Waals surface area contributed by atoms with Gasteiger partial charge in [0.25, 0.3) is 6.47 Å². The third kappa shape index (κ3) is 1.71. The summed E-state index contributed by atoms with van der Waals surface area (Å²) in [6, 6.07) is 8.26. The van der Waals surface area contributed by atoms with Crippen LogP contribution in [0, 0.1) is 0 Å². The molecule has 0 unspecified atom stereocenters. The quantitative estimate of drug-likeness (QED) is 0.679. The number of benzene rings is 1. The standard InChI is InChI=1S/C11H13NO2/c13-9-14-8-12-7-3-5-10-4-1-2-6-11(10)12/h1-2,4,6,9H,3,5,7-8H2. The summed E-state index contributed by atoms with van der Waals surface area (Å²) in [6.07, 6.45) is 2.24. The first-order valence-corrected chi connectivity index (χ1v) is 4.80. The van der Waals surface area contributed by atoms with Crippen LogP contribution in [0.4, 0.5) is 5.69 Å². The van der Waals surface area contributed by atoms with Crippen molar-refractivity contribution in [2.24, 2.45) is 0 Å². The molecule has 0 atom stereocenters. The van der Waals surface area contributed by atoms with Gasteiger partial charge >= 0.3 is 0 Å². The van der Waals surface area contributed by atoms with E-state index in [0.717, 1.165) is 19.4 Å². The summed E-state index contributed by atoms with van der Waals surface area (Å²) in [5, 5.41) is 0. The van der Waals surface area contributed by atoms with Crippen LogP contribution in [0.2, 0.25) is 0 Å². The molecule has 74 valence electrons. The molecule has 0 fully saturated rings. The van der Waals surface area contributed by atoms with Gasteiger partial charge in [-0.05, 0) is 24.5 Å². The Morgan fingerprint density at radius 1 is 1.43 bits per heavy atom. The van der Waals surface area contributed by atoms with Crippen molar-refractivity contribution in [1.29, 1.82) is 0 Å². The van der Waals surface area contributed by atoms with Gasteiger partial charge in [-0.2, -0.15) is 0 Å². The summed E-state index contributed by atoms with van der Waals surface area (Å²) >= 11 is 0. The van der Waals surface area contributed by atoms with E-state index < -0.39 is 0 Å². The van der Waals surface area contributed by atoms with Gasteiger partial charge in [-0.1, -0.05) is 18.2 Å². The van der Waals surface area contributed by atoms with Crippen molar-refractivity contribution in [2.75, 3.05) is 18.2 Å². The maximum atomic E-state index is 10.1. The van der Waals surface area contributed by atoms with Gasteiger partial charge in [0.2, 0.25) is 0 Å². The first-order chi connectivity index (χ1) is 6.92. The SMILES string of the molecule is O=COCN1CCCc2ccccc21. The van der Waals surface area contributed by atoms with E-state index >= 15 is 0 Å². The fourth-order valence-corrected chi connectivity index (χ4v) is 1.87. The molecule has 1 heterocycles. The molecule has 1 aromatic carbocycles. The summed E-state index contributed by atoms with van der Waals surface area (Å²) in [7, 11) is 0. The minimum absolute atomic E-state index is 0.362. The topological polar surface area (TPSA) is 29.5 Å². The molecule has 0 spiro atoms. The average Bonchev–Trinajstić information content (AvgIpc) is 2.26. The van der Waals surface area contributed by atoms with Crippen LogP contribution in [-0.4, -0.2) is 19.7 Å². The number of carbonyl (C=O) groups is 1. The molecule has 3 heteroatoms. The van der Waals surface area contributed by atoms with Crippen molar-refractivity contribution in [3.8, 4) is 0 Å². The summed E-state index contributed by atoms with van der Waals surface area (Å²) in [6.45, 7) is 1.82. The zero-order chi connectivity index (χ0) is 9.80. The lowest BCUT2D eigenvalue weighted by molar-refractivity contribution is -0.128. The van der Waals surface area contributed by atoms with Gasteiger partial charge in [0.15, 0.2) is 6.73 Å². The Balaban J connectivity index is 2.17. The molecule has 1 aliphatic heterocycles. The maximum Gasteiger partial charge on any atom is 0.294 e. The molecule has 14 heavy (non-hydrogen) atoms. The van der Waals surface area contributed by atoms with E-state index in [2.05, 4.69) is 17.0 Å². The zero-order valence-electron chi connectivity index (χ0n) is 7.98. The molecule has 0 aromatic heterocycles. The number of hydrogen-bond acceptors (Lipinski definition) is 3. The van der Waals surface area contributed by atoms with E-state index in [0.29, 0.717) is 13.2 Å². The van der Waals surface area contributed by atoms with Crippen molar-refractivity contribution < 1.29 is 9.53 Å². The minimum atomic E-state index is 0.362. The van der Waals surface area contributed by atoms with Gasteiger partial charge in [-0.25, -0.2) is 0 Å². The molecule has 0 bridgehead atoms. The van der Waals surface area contributed by atoms with E-state index in [9.17, 15) is 4.79 Å². The highest BCUT2D eigenvalue weighted by Crippen LogP contribution is 2.25. The van der Waals surface area contributed by atoms with Gasteiger partial charge in [-0.15, -0.1) is 0 Å². The van der Waals surface area contributed by atoms with Crippen LogP contribution in [0.15, 0.2) is 24.3 Å². The van der Waals surface area contributed by atoms with Crippen LogP contribution in [0.5, 0.6) is 0 Å². The highest BCUT2D eigenvalue weighted by atomic mass is 16.5. The molecule has 0 saturated heterocycles. The summed E-state index contributed by atoms with van der Waals surface area (Å²) in [4.78, 5) is 12.2. The molecule has 1 aromatic rings. The average molecular weight is 191 g/mol. The molecule has 3 nitrogen and oxygen atoms in total. The second-order valence-electron chi connectivity index (χ2n) is 3.39. The van der Waals surface area contributed by atoms with Crippen molar-refractivity contribution in [2.45, 2.75) is 12.8 Å². The Morgan fingerprint density at radius 2 is 2.29 bits per heavy atom. The fraction of sp³-hybridized carbons (Fsp3) is 0.364. The number of ether oxygens (including phenoxy) is 1. The number of anilines is 1. The molecule has 0 aliphatic carbocycles. The molecule has 0 radical (unpaired) electrons. The largest absolute Gasteiger partial charge is 0.446 e. The van der Waals surface area contributed by atoms with Crippen LogP contribution in [0.25, 0.3) is 0 Å². The fourth-order valence-electron chi connectivity index (χ4n) is 1.87. The third-order valence-electron chi connectivity index (χ3n) is 2.50. The van der Waals surface area contributed by atoms with E-state index in [4.69, 9.17) is 4.74 Å². The number of carbonyl (C=O) groups excluding carboxylic acids is 1. The van der Waals surface area contributed by atoms with Gasteiger partial charge < -0.3 is 9.64 Å². The first kappa shape index (κ1) is 9.06. The number of para-hydroxylation sites is 1. The smallest absolute Gasteiger partial charge is 0.294 e. The highest BCUT2D eigenvalue weighted by Gasteiger charge is 2.15. The molecule has 1 aliphatic rings. The Kier molecular flexibility index (Phi) is 2.68. The number of fused-ring (bicyclic) bond motifs is 1. The predicted molar refractivity (Wildman–Crippen MR) is 54.1 cm³/mol. The van der Waals surface area contributed by atoms with Gasteiger partial charge in [0, 0.05) is 12.2 Å². The van der Waals surface area contributed by atoms with Crippen molar-refractivity contribution in [3.05, 3.63) is 29.8 Å². The molecule has 0 amide bonds. The lowest BCUT2D eigenvalue weighted by atomic mass is 10.0. The molecular weight excluding hydrogens is 178 g/mol. The lowest BCUT2D eigenvalue weighted by Gasteiger charge is -2.29. The van der Waals surface area contributed by atoms with Crippen LogP contribution in [-0.2, 0) is 16.0 Å². The van der Waals surface area contributed by atoms with E-state index in [-0.39, 0.29) is 0 Å². The van der Waals surface area contributed by atoms with Crippen LogP contribution in [0.3, 0.4) is 0 Å². The summed E-state index contributed by atoms with van der Waals surface area (Å²) in [5.41, 5.74) is 2.54. The summed E-state index contributed by atoms with van der Waals surface area (Å²) in [5.74, 6) is 0. The molecule has 2 rings (SSSR count). The van der Waals surface area contributed by atoms with Crippen molar-refractivity contribution in [3.63, 3.8) is 0 Å². The number of nitrogens with zero attached hydrogens (tertiary/aromatic N) is 1. The van der Waals surface area contributed by atoms with Gasteiger partial charge in [-0.3, -0.25) is 4.79 Å². The molecular formula is C11H13NO2. The van der Waals surface area contributed by atoms with Crippen LogP contribution < -0.4 is 4.90 Å². The Morgan fingerprint density at radius 3 is 3.14 bits per heavy atom.